The van der Waals surface area contributed by atoms with Crippen molar-refractivity contribution in [2.75, 3.05) is 6.54 Å². The summed E-state index contributed by atoms with van der Waals surface area (Å²) in [4.78, 5) is 23.0. The fourth-order valence-corrected chi connectivity index (χ4v) is 2.80. The van der Waals surface area contributed by atoms with Gasteiger partial charge in [-0.25, -0.2) is 0 Å². The Balaban J connectivity index is 2.02. The van der Waals surface area contributed by atoms with Crippen molar-refractivity contribution in [2.24, 2.45) is 0 Å². The monoisotopic (exact) mass is 341 g/mol. The Labute approximate surface area is 144 Å². The lowest BCUT2D eigenvalue weighted by Crippen LogP contribution is -2.26. The third-order valence-electron chi connectivity index (χ3n) is 3.94. The van der Waals surface area contributed by atoms with Crippen LogP contribution in [0.4, 0.5) is 5.69 Å². The Hall–Kier alpha value is -3.09. The molecule has 3 rings (SSSR count). The number of hydrogen-bond donors (Lipinski definition) is 1. The number of amides is 1. The molecule has 0 aliphatic rings. The van der Waals surface area contributed by atoms with Crippen LogP contribution in [0.25, 0.3) is 11.1 Å². The minimum atomic E-state index is -0.425. The van der Waals surface area contributed by atoms with Gasteiger partial charge in [0.2, 0.25) is 0 Å². The number of aromatic nitrogens is 1. The summed E-state index contributed by atoms with van der Waals surface area (Å²) in [5.74, 6) is 0.564. The van der Waals surface area contributed by atoms with Crippen molar-refractivity contribution in [1.29, 1.82) is 0 Å². The molecule has 0 aliphatic carbocycles. The van der Waals surface area contributed by atoms with Crippen molar-refractivity contribution in [3.05, 3.63) is 63.5 Å². The highest BCUT2D eigenvalue weighted by Crippen LogP contribution is 2.25. The molecule has 0 spiro atoms. The summed E-state index contributed by atoms with van der Waals surface area (Å²) in [7, 11) is 0. The molecule has 0 radical (unpaired) electrons. The molecule has 0 bridgehead atoms. The van der Waals surface area contributed by atoms with Crippen LogP contribution >= 0.6 is 0 Å². The summed E-state index contributed by atoms with van der Waals surface area (Å²) in [5.41, 5.74) is 2.68. The normalized spacial score (nSPS) is 11.0. The Morgan fingerprint density at radius 1 is 1.32 bits per heavy atom. The van der Waals surface area contributed by atoms with Gasteiger partial charge in [0.15, 0.2) is 5.58 Å². The number of furan rings is 1. The van der Waals surface area contributed by atoms with E-state index in [1.54, 1.807) is 18.2 Å². The molecule has 25 heavy (non-hydrogen) atoms. The quantitative estimate of drug-likeness (QED) is 0.547. The highest BCUT2D eigenvalue weighted by molar-refractivity contribution is 5.97. The first-order valence-corrected chi connectivity index (χ1v) is 8.10. The lowest BCUT2D eigenvalue weighted by Gasteiger charge is -2.10. The number of carbonyl (C=O) groups is 1. The number of nitrogens with zero attached hydrogens (tertiary/aromatic N) is 2. The first kappa shape index (κ1) is 16.8. The van der Waals surface area contributed by atoms with Gasteiger partial charge in [0, 0.05) is 37.4 Å². The van der Waals surface area contributed by atoms with E-state index >= 15 is 0 Å². The summed E-state index contributed by atoms with van der Waals surface area (Å²) < 4.78 is 7.46. The topological polar surface area (TPSA) is 90.3 Å². The smallest absolute Gasteiger partial charge is 0.269 e. The third kappa shape index (κ3) is 3.40. The molecule has 0 saturated carbocycles. The van der Waals surface area contributed by atoms with Crippen LogP contribution in [0.3, 0.4) is 0 Å². The highest BCUT2D eigenvalue weighted by Gasteiger charge is 2.19. The molecule has 1 aromatic carbocycles. The van der Waals surface area contributed by atoms with Gasteiger partial charge in [-0.2, -0.15) is 0 Å². The second kappa shape index (κ2) is 6.80. The van der Waals surface area contributed by atoms with E-state index in [4.69, 9.17) is 4.42 Å². The van der Waals surface area contributed by atoms with Crippen LogP contribution in [0.1, 0.15) is 35.2 Å². The van der Waals surface area contributed by atoms with E-state index in [-0.39, 0.29) is 11.6 Å². The SMILES string of the molecule is CCCNC(=O)c1cc2oc(C)cc2n1Cc1cccc([N+](=O)[O-])c1. The van der Waals surface area contributed by atoms with Gasteiger partial charge in [-0.3, -0.25) is 14.9 Å². The zero-order valence-corrected chi connectivity index (χ0v) is 14.1. The molecule has 0 fully saturated rings. The van der Waals surface area contributed by atoms with Crippen LogP contribution in [0.15, 0.2) is 40.8 Å². The number of aryl methyl sites for hydroxylation is 1. The third-order valence-corrected chi connectivity index (χ3v) is 3.94. The van der Waals surface area contributed by atoms with Crippen LogP contribution in [0.5, 0.6) is 0 Å². The summed E-state index contributed by atoms with van der Waals surface area (Å²) in [5, 5.41) is 13.8. The standard InChI is InChI=1S/C18H19N3O4/c1-3-7-19-18(22)16-10-17-15(8-12(2)25-17)20(16)11-13-5-4-6-14(9-13)21(23)24/h4-6,8-10H,3,7,11H2,1-2H3,(H,19,22). The maximum atomic E-state index is 12.5. The number of carbonyl (C=O) groups excluding carboxylic acids is 1. The fourth-order valence-electron chi connectivity index (χ4n) is 2.80. The van der Waals surface area contributed by atoms with Gasteiger partial charge in [0.05, 0.1) is 10.4 Å². The zero-order chi connectivity index (χ0) is 18.0. The largest absolute Gasteiger partial charge is 0.460 e. The van der Waals surface area contributed by atoms with Gasteiger partial charge in [0.1, 0.15) is 11.5 Å². The summed E-state index contributed by atoms with van der Waals surface area (Å²) >= 11 is 0. The van der Waals surface area contributed by atoms with Crippen molar-refractivity contribution in [3.63, 3.8) is 0 Å². The first-order valence-electron chi connectivity index (χ1n) is 8.10. The minimum Gasteiger partial charge on any atom is -0.460 e. The Morgan fingerprint density at radius 2 is 2.12 bits per heavy atom. The predicted octanol–water partition coefficient (Wildman–Crippen LogP) is 3.64. The molecule has 0 atom stereocenters. The average Bonchev–Trinajstić information content (AvgIpc) is 3.10. The van der Waals surface area contributed by atoms with Gasteiger partial charge < -0.3 is 14.3 Å². The van der Waals surface area contributed by atoms with E-state index in [0.29, 0.717) is 24.4 Å². The number of nitrogens with one attached hydrogen (secondary N) is 1. The second-order valence-corrected chi connectivity index (χ2v) is 5.91. The van der Waals surface area contributed by atoms with Crippen LogP contribution in [0, 0.1) is 17.0 Å². The van der Waals surface area contributed by atoms with Gasteiger partial charge in [-0.1, -0.05) is 19.1 Å². The molecule has 7 heteroatoms. The van der Waals surface area contributed by atoms with E-state index in [1.165, 1.54) is 12.1 Å². The van der Waals surface area contributed by atoms with Crippen molar-refractivity contribution >= 4 is 22.7 Å². The number of nitro groups is 1. The maximum Gasteiger partial charge on any atom is 0.269 e. The molecular formula is C18H19N3O4. The molecule has 1 amide bonds. The summed E-state index contributed by atoms with van der Waals surface area (Å²) in [6.07, 6.45) is 0.840. The average molecular weight is 341 g/mol. The van der Waals surface area contributed by atoms with Crippen LogP contribution < -0.4 is 5.32 Å². The fraction of sp³-hybridized carbons (Fsp3) is 0.278. The van der Waals surface area contributed by atoms with E-state index in [1.807, 2.05) is 24.5 Å². The van der Waals surface area contributed by atoms with Crippen molar-refractivity contribution in [3.8, 4) is 0 Å². The highest BCUT2D eigenvalue weighted by atomic mass is 16.6. The van der Waals surface area contributed by atoms with Crippen molar-refractivity contribution < 1.29 is 14.1 Å². The van der Waals surface area contributed by atoms with Crippen molar-refractivity contribution in [1.82, 2.24) is 9.88 Å². The van der Waals surface area contributed by atoms with Gasteiger partial charge in [-0.15, -0.1) is 0 Å². The van der Waals surface area contributed by atoms with Gasteiger partial charge in [0.25, 0.3) is 11.6 Å². The van der Waals surface area contributed by atoms with E-state index in [0.717, 1.165) is 23.3 Å². The maximum absolute atomic E-state index is 12.5. The van der Waals surface area contributed by atoms with Crippen LogP contribution in [-0.2, 0) is 6.54 Å². The molecule has 2 aromatic heterocycles. The Morgan fingerprint density at radius 3 is 2.84 bits per heavy atom. The molecule has 3 aromatic rings. The zero-order valence-electron chi connectivity index (χ0n) is 14.1. The number of benzene rings is 1. The lowest BCUT2D eigenvalue weighted by molar-refractivity contribution is -0.384. The Bertz CT molecular complexity index is 939. The minimum absolute atomic E-state index is 0.0289. The Kier molecular flexibility index (Phi) is 4.56. The predicted molar refractivity (Wildman–Crippen MR) is 93.8 cm³/mol. The molecule has 0 unspecified atom stereocenters. The summed E-state index contributed by atoms with van der Waals surface area (Å²) in [6.45, 7) is 4.76. The van der Waals surface area contributed by atoms with E-state index in [9.17, 15) is 14.9 Å². The number of rotatable bonds is 6. The van der Waals surface area contributed by atoms with E-state index in [2.05, 4.69) is 5.32 Å². The number of non-ortho nitro benzene ring substituents is 1. The molecular weight excluding hydrogens is 322 g/mol. The molecule has 0 aliphatic heterocycles. The lowest BCUT2D eigenvalue weighted by atomic mass is 10.2. The van der Waals surface area contributed by atoms with Crippen LogP contribution in [0.2, 0.25) is 0 Å². The number of fused-ring (bicyclic) bond motifs is 1. The van der Waals surface area contributed by atoms with E-state index < -0.39 is 4.92 Å². The molecule has 7 nitrogen and oxygen atoms in total. The van der Waals surface area contributed by atoms with Crippen LogP contribution in [-0.4, -0.2) is 21.9 Å². The van der Waals surface area contributed by atoms with Gasteiger partial charge >= 0.3 is 0 Å². The molecule has 2 heterocycles. The van der Waals surface area contributed by atoms with Gasteiger partial charge in [-0.05, 0) is 18.9 Å². The van der Waals surface area contributed by atoms with Crippen molar-refractivity contribution in [2.45, 2.75) is 26.8 Å². The molecule has 130 valence electrons. The second-order valence-electron chi connectivity index (χ2n) is 5.91. The first-order chi connectivity index (χ1) is 12.0. The summed E-state index contributed by atoms with van der Waals surface area (Å²) in [6, 6.07) is 10.00. The number of nitro benzene ring substituents is 1. The molecule has 0 saturated heterocycles. The number of hydrogen-bond acceptors (Lipinski definition) is 4. The molecule has 1 N–H and O–H groups in total.